The summed E-state index contributed by atoms with van der Waals surface area (Å²) < 4.78 is 0. The van der Waals surface area contributed by atoms with Crippen LogP contribution in [0.2, 0.25) is 0 Å². The maximum Gasteiger partial charge on any atom is 0.324 e. The maximum atomic E-state index is 11.1. The second-order valence-electron chi connectivity index (χ2n) is 3.51. The lowest BCUT2D eigenvalue weighted by Gasteiger charge is -2.06. The van der Waals surface area contributed by atoms with Crippen molar-refractivity contribution < 1.29 is 19.5 Å². The third-order valence-corrected chi connectivity index (χ3v) is 1.93. The van der Waals surface area contributed by atoms with E-state index in [2.05, 4.69) is 10.8 Å². The van der Waals surface area contributed by atoms with Gasteiger partial charge < -0.3 is 33.3 Å². The number of carbonyl (C=O) groups is 2. The molecule has 0 heterocycles. The Kier molecular flexibility index (Phi) is 20.2. The number of hydrogen-bond donors (Lipinski definition) is 6. The predicted octanol–water partition coefficient (Wildman–Crippen LogP) is -0.448. The molecular weight excluding hydrogens is 254 g/mol. The van der Waals surface area contributed by atoms with Crippen LogP contribution in [-0.4, -0.2) is 43.2 Å². The normalized spacial score (nSPS) is 9.11. The standard InChI is InChI=1S/C10H21N3O4.2H3N/c11-5-6-12-7-8-13-17-10(16)4-2-1-3-9(14)15;;/h12-13H,1-8,11H2,(H,14,15);2*1H3. The second kappa shape index (κ2) is 16.7. The number of nitrogens with one attached hydrogen (secondary N) is 2. The summed E-state index contributed by atoms with van der Waals surface area (Å²) in [6, 6.07) is 0. The van der Waals surface area contributed by atoms with Crippen molar-refractivity contribution in [1.29, 1.82) is 0 Å². The van der Waals surface area contributed by atoms with Crippen LogP contribution in [0.5, 0.6) is 0 Å². The van der Waals surface area contributed by atoms with Gasteiger partial charge in [0.15, 0.2) is 0 Å². The van der Waals surface area contributed by atoms with E-state index in [-0.39, 0.29) is 31.1 Å². The molecule has 0 saturated heterocycles. The van der Waals surface area contributed by atoms with Crippen molar-refractivity contribution in [2.75, 3.05) is 26.2 Å². The van der Waals surface area contributed by atoms with Crippen molar-refractivity contribution in [3.8, 4) is 0 Å². The Balaban J connectivity index is -0.00000128. The first kappa shape index (κ1) is 22.9. The molecule has 0 aromatic carbocycles. The first-order valence-electron chi connectivity index (χ1n) is 5.72. The van der Waals surface area contributed by atoms with E-state index in [1.165, 1.54) is 0 Å². The summed E-state index contributed by atoms with van der Waals surface area (Å²) >= 11 is 0. The van der Waals surface area contributed by atoms with Crippen molar-refractivity contribution in [3.63, 3.8) is 0 Å². The van der Waals surface area contributed by atoms with Gasteiger partial charge in [0.25, 0.3) is 0 Å². The molecule has 0 aliphatic heterocycles. The summed E-state index contributed by atoms with van der Waals surface area (Å²) in [5, 5.41) is 11.4. The molecule has 0 radical (unpaired) electrons. The SMILES string of the molecule is N.N.NCCNCCNOC(=O)CCCCC(=O)O. The molecule has 0 bridgehead atoms. The maximum absolute atomic E-state index is 11.1. The van der Waals surface area contributed by atoms with E-state index >= 15 is 0 Å². The number of carbonyl (C=O) groups excluding carboxylic acids is 1. The lowest BCUT2D eigenvalue weighted by molar-refractivity contribution is -0.151. The van der Waals surface area contributed by atoms with Gasteiger partial charge in [0.05, 0.1) is 0 Å². The van der Waals surface area contributed by atoms with Crippen LogP contribution in [0, 0.1) is 0 Å². The number of unbranched alkanes of at least 4 members (excludes halogenated alkanes) is 1. The number of carboxylic acid groups (broad SMARTS) is 1. The average molecular weight is 281 g/mol. The van der Waals surface area contributed by atoms with E-state index in [0.29, 0.717) is 32.5 Å². The molecule has 0 rings (SSSR count). The molecule has 0 atom stereocenters. The molecule has 0 aliphatic carbocycles. The summed E-state index contributed by atoms with van der Waals surface area (Å²) in [6.45, 7) is 2.48. The fraction of sp³-hybridized carbons (Fsp3) is 0.800. The van der Waals surface area contributed by atoms with Crippen LogP contribution in [0.15, 0.2) is 0 Å². The smallest absolute Gasteiger partial charge is 0.324 e. The third-order valence-electron chi connectivity index (χ3n) is 1.93. The first-order valence-corrected chi connectivity index (χ1v) is 5.72. The van der Waals surface area contributed by atoms with Gasteiger partial charge in [-0.3, -0.25) is 9.59 Å². The van der Waals surface area contributed by atoms with Gasteiger partial charge in [-0.25, -0.2) is 0 Å². The van der Waals surface area contributed by atoms with E-state index in [4.69, 9.17) is 15.7 Å². The van der Waals surface area contributed by atoms with E-state index in [9.17, 15) is 9.59 Å². The van der Waals surface area contributed by atoms with E-state index in [1.54, 1.807) is 0 Å². The van der Waals surface area contributed by atoms with Gasteiger partial charge in [0.2, 0.25) is 0 Å². The Labute approximate surface area is 113 Å². The molecule has 9 heteroatoms. The largest absolute Gasteiger partial charge is 0.481 e. The monoisotopic (exact) mass is 281 g/mol. The zero-order valence-corrected chi connectivity index (χ0v) is 11.3. The highest BCUT2D eigenvalue weighted by Crippen LogP contribution is 2.00. The van der Waals surface area contributed by atoms with Gasteiger partial charge in [-0.2, -0.15) is 5.48 Å². The van der Waals surface area contributed by atoms with Crippen LogP contribution in [-0.2, 0) is 14.4 Å². The molecule has 0 unspecified atom stereocenters. The highest BCUT2D eigenvalue weighted by atomic mass is 16.7. The van der Waals surface area contributed by atoms with Crippen LogP contribution in [0.1, 0.15) is 25.7 Å². The van der Waals surface area contributed by atoms with Crippen LogP contribution >= 0.6 is 0 Å². The molecule has 0 fully saturated rings. The van der Waals surface area contributed by atoms with Crippen molar-refractivity contribution >= 4 is 11.9 Å². The molecule has 0 amide bonds. The van der Waals surface area contributed by atoms with Crippen LogP contribution in [0.4, 0.5) is 0 Å². The molecule has 116 valence electrons. The molecule has 0 aromatic heterocycles. The van der Waals surface area contributed by atoms with Crippen LogP contribution < -0.4 is 28.8 Å². The topological polar surface area (TPSA) is 184 Å². The zero-order chi connectivity index (χ0) is 12.9. The lowest BCUT2D eigenvalue weighted by atomic mass is 10.2. The van der Waals surface area contributed by atoms with Crippen LogP contribution in [0.25, 0.3) is 0 Å². The average Bonchev–Trinajstić information content (AvgIpc) is 2.29. The first-order chi connectivity index (χ1) is 8.16. The van der Waals surface area contributed by atoms with Gasteiger partial charge in [0, 0.05) is 39.0 Å². The van der Waals surface area contributed by atoms with Gasteiger partial charge in [-0.1, -0.05) is 0 Å². The fourth-order valence-corrected chi connectivity index (χ4v) is 1.09. The number of aliphatic carboxylic acids is 1. The van der Waals surface area contributed by atoms with Crippen LogP contribution in [0.3, 0.4) is 0 Å². The van der Waals surface area contributed by atoms with Gasteiger partial charge in [-0.05, 0) is 12.8 Å². The van der Waals surface area contributed by atoms with Crippen molar-refractivity contribution in [1.82, 2.24) is 23.1 Å². The Hall–Kier alpha value is -1.26. The molecule has 11 N–H and O–H groups in total. The quantitative estimate of drug-likeness (QED) is 0.215. The van der Waals surface area contributed by atoms with Gasteiger partial charge in [-0.15, -0.1) is 0 Å². The summed E-state index contributed by atoms with van der Waals surface area (Å²) in [5.74, 6) is -1.21. The zero-order valence-electron chi connectivity index (χ0n) is 11.3. The molecule has 9 nitrogen and oxygen atoms in total. The fourth-order valence-electron chi connectivity index (χ4n) is 1.09. The lowest BCUT2D eigenvalue weighted by Crippen LogP contribution is -2.31. The van der Waals surface area contributed by atoms with E-state index in [1.807, 2.05) is 0 Å². The number of nitrogens with two attached hydrogens (primary N) is 1. The second-order valence-corrected chi connectivity index (χ2v) is 3.51. The molecule has 0 spiro atoms. The summed E-state index contributed by atoms with van der Waals surface area (Å²) in [6.07, 6.45) is 1.33. The van der Waals surface area contributed by atoms with E-state index in [0.717, 1.165) is 6.54 Å². The number of hydroxylamine groups is 1. The van der Waals surface area contributed by atoms with Crippen molar-refractivity contribution in [2.45, 2.75) is 25.7 Å². The highest BCUT2D eigenvalue weighted by molar-refractivity contribution is 5.69. The minimum Gasteiger partial charge on any atom is -0.481 e. The molecular formula is C10H27N5O4. The van der Waals surface area contributed by atoms with Gasteiger partial charge in [0.1, 0.15) is 0 Å². The number of rotatable bonds is 11. The Bertz CT molecular complexity index is 228. The number of hydrogen-bond acceptors (Lipinski definition) is 8. The number of carboxylic acids is 1. The molecule has 0 saturated carbocycles. The minimum absolute atomic E-state index is 0. The molecule has 19 heavy (non-hydrogen) atoms. The molecule has 0 aromatic rings. The highest BCUT2D eigenvalue weighted by Gasteiger charge is 2.03. The van der Waals surface area contributed by atoms with E-state index < -0.39 is 5.97 Å². The van der Waals surface area contributed by atoms with Gasteiger partial charge >= 0.3 is 11.9 Å². The summed E-state index contributed by atoms with van der Waals surface area (Å²) in [4.78, 5) is 26.0. The Morgan fingerprint density at radius 1 is 1.05 bits per heavy atom. The Morgan fingerprint density at radius 3 is 2.26 bits per heavy atom. The van der Waals surface area contributed by atoms with Crippen molar-refractivity contribution in [3.05, 3.63) is 0 Å². The summed E-state index contributed by atoms with van der Waals surface area (Å²) in [5.41, 5.74) is 7.80. The Morgan fingerprint density at radius 2 is 1.68 bits per heavy atom. The third kappa shape index (κ3) is 19.3. The minimum atomic E-state index is -0.845. The predicted molar refractivity (Wildman–Crippen MR) is 72.2 cm³/mol. The molecule has 0 aliphatic rings. The van der Waals surface area contributed by atoms with Crippen molar-refractivity contribution in [2.24, 2.45) is 5.73 Å². The summed E-state index contributed by atoms with van der Waals surface area (Å²) in [7, 11) is 0.